The fourth-order valence-corrected chi connectivity index (χ4v) is 3.98. The Morgan fingerprint density at radius 3 is 2.81 bits per heavy atom. The summed E-state index contributed by atoms with van der Waals surface area (Å²) in [6.45, 7) is 4.47. The lowest BCUT2D eigenvalue weighted by atomic mass is 10.0. The van der Waals surface area contributed by atoms with E-state index in [1.54, 1.807) is 18.4 Å². The van der Waals surface area contributed by atoms with Gasteiger partial charge in [-0.2, -0.15) is 0 Å². The summed E-state index contributed by atoms with van der Waals surface area (Å²) in [5, 5.41) is 7.70. The molecule has 2 heterocycles. The van der Waals surface area contributed by atoms with Gasteiger partial charge in [0.2, 0.25) is 0 Å². The molecule has 1 aliphatic heterocycles. The smallest absolute Gasteiger partial charge is 0.191 e. The molecule has 0 aliphatic carbocycles. The third-order valence-electron chi connectivity index (χ3n) is 4.59. The fraction of sp³-hybridized carbons (Fsp3) is 0.474. The molecule has 3 rings (SSSR count). The van der Waals surface area contributed by atoms with Gasteiger partial charge in [-0.05, 0) is 38.4 Å². The van der Waals surface area contributed by atoms with E-state index in [0.29, 0.717) is 19.0 Å². The van der Waals surface area contributed by atoms with Gasteiger partial charge in [0.25, 0.3) is 0 Å². The number of rotatable bonds is 5. The molecule has 1 aliphatic rings. The third kappa shape index (κ3) is 5.46. The summed E-state index contributed by atoms with van der Waals surface area (Å²) in [5.41, 5.74) is 0.139. The number of nitrogens with zero attached hydrogens (tertiary/aromatic N) is 3. The summed E-state index contributed by atoms with van der Waals surface area (Å²) >= 11 is 1.65. The van der Waals surface area contributed by atoms with Gasteiger partial charge in [0.05, 0.1) is 6.54 Å². The first-order chi connectivity index (χ1) is 13.0. The van der Waals surface area contributed by atoms with Crippen molar-refractivity contribution in [3.63, 3.8) is 0 Å². The van der Waals surface area contributed by atoms with Crippen LogP contribution in [0.1, 0.15) is 28.3 Å². The average molecular weight is 394 g/mol. The zero-order chi connectivity index (χ0) is 19.2. The van der Waals surface area contributed by atoms with Gasteiger partial charge >= 0.3 is 0 Å². The quantitative estimate of drug-likeness (QED) is 0.606. The molecule has 1 saturated heterocycles. The van der Waals surface area contributed by atoms with Crippen molar-refractivity contribution in [2.24, 2.45) is 4.99 Å². The van der Waals surface area contributed by atoms with E-state index in [4.69, 9.17) is 0 Å². The second kappa shape index (κ2) is 9.23. The van der Waals surface area contributed by atoms with Gasteiger partial charge in [0, 0.05) is 42.8 Å². The summed E-state index contributed by atoms with van der Waals surface area (Å²) in [6.07, 6.45) is 3.82. The summed E-state index contributed by atoms with van der Waals surface area (Å²) in [4.78, 5) is 11.9. The van der Waals surface area contributed by atoms with Gasteiger partial charge in [-0.25, -0.2) is 13.8 Å². The Hall–Kier alpha value is -2.06. The standard InChI is InChI=1S/C19H25F2N5S/c1-13-9-23-18(27-13)10-24-19(22-2)25-14-5-4-8-26(11-14)12-15-16(20)6-3-7-17(15)21/h3,6-7,9,14H,4-5,8,10-12H2,1-2H3,(H2,22,24,25). The second-order valence-corrected chi connectivity index (χ2v) is 8.03. The van der Waals surface area contributed by atoms with E-state index < -0.39 is 11.6 Å². The number of hydrogen-bond acceptors (Lipinski definition) is 4. The fourth-order valence-electron chi connectivity index (χ4n) is 3.25. The molecule has 1 aromatic heterocycles. The van der Waals surface area contributed by atoms with Crippen molar-refractivity contribution in [1.82, 2.24) is 20.5 Å². The van der Waals surface area contributed by atoms with E-state index in [1.807, 2.05) is 13.1 Å². The van der Waals surface area contributed by atoms with Crippen molar-refractivity contribution in [3.05, 3.63) is 51.5 Å². The SMILES string of the molecule is CN=C(NCc1ncc(C)s1)NC1CCCN(Cc2c(F)cccc2F)C1. The van der Waals surface area contributed by atoms with E-state index in [0.717, 1.165) is 24.4 Å². The predicted octanol–water partition coefficient (Wildman–Crippen LogP) is 3.06. The first kappa shape index (κ1) is 19.7. The summed E-state index contributed by atoms with van der Waals surface area (Å²) < 4.78 is 27.8. The van der Waals surface area contributed by atoms with E-state index in [-0.39, 0.29) is 18.2 Å². The molecule has 0 bridgehead atoms. The van der Waals surface area contributed by atoms with Crippen LogP contribution in [0.5, 0.6) is 0 Å². The highest BCUT2D eigenvalue weighted by Gasteiger charge is 2.22. The lowest BCUT2D eigenvalue weighted by molar-refractivity contribution is 0.188. The molecule has 1 aromatic carbocycles. The number of halogens is 2. The molecule has 1 unspecified atom stereocenters. The number of hydrogen-bond donors (Lipinski definition) is 2. The predicted molar refractivity (Wildman–Crippen MR) is 105 cm³/mol. The van der Waals surface area contributed by atoms with Crippen molar-refractivity contribution in [1.29, 1.82) is 0 Å². The number of guanidine groups is 1. The number of aryl methyl sites for hydroxylation is 1. The zero-order valence-electron chi connectivity index (χ0n) is 15.6. The van der Waals surface area contributed by atoms with Gasteiger partial charge in [0.1, 0.15) is 16.6 Å². The van der Waals surface area contributed by atoms with Gasteiger partial charge < -0.3 is 10.6 Å². The molecule has 1 fully saturated rings. The highest BCUT2D eigenvalue weighted by atomic mass is 32.1. The molecular formula is C19H25F2N5S. The number of likely N-dealkylation sites (tertiary alicyclic amines) is 1. The lowest BCUT2D eigenvalue weighted by Gasteiger charge is -2.34. The van der Waals surface area contributed by atoms with Gasteiger partial charge in [0.15, 0.2) is 5.96 Å². The Morgan fingerprint density at radius 1 is 1.37 bits per heavy atom. The highest BCUT2D eigenvalue weighted by Crippen LogP contribution is 2.18. The number of aliphatic imine (C=N–C) groups is 1. The second-order valence-electron chi connectivity index (χ2n) is 6.71. The minimum Gasteiger partial charge on any atom is -0.352 e. The molecule has 0 radical (unpaired) electrons. The van der Waals surface area contributed by atoms with Crippen LogP contribution in [0.3, 0.4) is 0 Å². The van der Waals surface area contributed by atoms with Gasteiger partial charge in [-0.15, -0.1) is 11.3 Å². The van der Waals surface area contributed by atoms with Crippen molar-refractivity contribution in [2.75, 3.05) is 20.1 Å². The molecule has 27 heavy (non-hydrogen) atoms. The number of thiazole rings is 1. The first-order valence-corrected chi connectivity index (χ1v) is 9.90. The lowest BCUT2D eigenvalue weighted by Crippen LogP contribution is -2.50. The van der Waals surface area contributed by atoms with Crippen molar-refractivity contribution in [3.8, 4) is 0 Å². The maximum absolute atomic E-state index is 13.9. The highest BCUT2D eigenvalue weighted by molar-refractivity contribution is 7.11. The van der Waals surface area contributed by atoms with E-state index in [2.05, 4.69) is 25.5 Å². The molecule has 8 heteroatoms. The minimum absolute atomic E-state index is 0.139. The van der Waals surface area contributed by atoms with Crippen LogP contribution in [-0.4, -0.2) is 42.0 Å². The molecule has 146 valence electrons. The number of benzene rings is 1. The monoisotopic (exact) mass is 393 g/mol. The van der Waals surface area contributed by atoms with Crippen molar-refractivity contribution < 1.29 is 8.78 Å². The van der Waals surface area contributed by atoms with E-state index >= 15 is 0 Å². The first-order valence-electron chi connectivity index (χ1n) is 9.09. The maximum Gasteiger partial charge on any atom is 0.191 e. The zero-order valence-corrected chi connectivity index (χ0v) is 16.5. The van der Waals surface area contributed by atoms with Crippen LogP contribution in [0.4, 0.5) is 8.78 Å². The van der Waals surface area contributed by atoms with Gasteiger partial charge in [-0.1, -0.05) is 6.07 Å². The van der Waals surface area contributed by atoms with Crippen molar-refractivity contribution >= 4 is 17.3 Å². The number of nitrogens with one attached hydrogen (secondary N) is 2. The normalized spacial score (nSPS) is 18.5. The Morgan fingerprint density at radius 2 is 2.15 bits per heavy atom. The Bertz CT molecular complexity index is 772. The largest absolute Gasteiger partial charge is 0.352 e. The minimum atomic E-state index is -0.485. The molecule has 0 amide bonds. The Labute approximate surface area is 162 Å². The van der Waals surface area contributed by atoms with E-state index in [1.165, 1.54) is 23.1 Å². The third-order valence-corrected chi connectivity index (χ3v) is 5.50. The molecule has 1 atom stereocenters. The molecule has 5 nitrogen and oxygen atoms in total. The maximum atomic E-state index is 13.9. The van der Waals surface area contributed by atoms with Crippen LogP contribution in [0.15, 0.2) is 29.4 Å². The molecule has 2 N–H and O–H groups in total. The summed E-state index contributed by atoms with van der Waals surface area (Å²) in [6, 6.07) is 4.20. The molecular weight excluding hydrogens is 368 g/mol. The van der Waals surface area contributed by atoms with Crippen LogP contribution >= 0.6 is 11.3 Å². The van der Waals surface area contributed by atoms with Crippen LogP contribution in [0.2, 0.25) is 0 Å². The van der Waals surface area contributed by atoms with Gasteiger partial charge in [-0.3, -0.25) is 9.89 Å². The Balaban J connectivity index is 1.54. The van der Waals surface area contributed by atoms with E-state index in [9.17, 15) is 8.78 Å². The van der Waals surface area contributed by atoms with Crippen molar-refractivity contribution in [2.45, 2.75) is 38.9 Å². The van der Waals surface area contributed by atoms with Crippen LogP contribution < -0.4 is 10.6 Å². The average Bonchev–Trinajstić information content (AvgIpc) is 3.07. The van der Waals surface area contributed by atoms with Crippen LogP contribution in [-0.2, 0) is 13.1 Å². The van der Waals surface area contributed by atoms with Crippen LogP contribution in [0, 0.1) is 18.6 Å². The summed E-state index contributed by atoms with van der Waals surface area (Å²) in [7, 11) is 1.73. The molecule has 2 aromatic rings. The number of aromatic nitrogens is 1. The van der Waals surface area contributed by atoms with Crippen LogP contribution in [0.25, 0.3) is 0 Å². The molecule has 0 saturated carbocycles. The summed E-state index contributed by atoms with van der Waals surface area (Å²) in [5.74, 6) is -0.255. The topological polar surface area (TPSA) is 52.6 Å². The molecule has 0 spiro atoms. The number of piperidine rings is 1. The Kier molecular flexibility index (Phi) is 6.73.